The minimum atomic E-state index is -0.171. The molecule has 4 heteroatoms. The Morgan fingerprint density at radius 3 is 2.48 bits per heavy atom. The molecule has 2 rings (SSSR count). The van der Waals surface area contributed by atoms with Crippen molar-refractivity contribution in [3.63, 3.8) is 0 Å². The molecule has 0 atom stereocenters. The standard InChI is InChI=1S/C21H26BrNO2/c1-4-5-6-16-7-12-20(19(22)13-16)23-21(24)14-25-18-10-8-17(9-11-18)15(2)3/h7-13,15H,4-6,14H2,1-3H3,(H,23,24). The van der Waals surface area contributed by atoms with Crippen molar-refractivity contribution >= 4 is 27.5 Å². The van der Waals surface area contributed by atoms with Crippen LogP contribution in [0.15, 0.2) is 46.9 Å². The van der Waals surface area contributed by atoms with Crippen LogP contribution >= 0.6 is 15.9 Å². The zero-order chi connectivity index (χ0) is 18.2. The summed E-state index contributed by atoms with van der Waals surface area (Å²) >= 11 is 3.53. The van der Waals surface area contributed by atoms with E-state index < -0.39 is 0 Å². The molecule has 0 radical (unpaired) electrons. The van der Waals surface area contributed by atoms with Gasteiger partial charge in [0.1, 0.15) is 5.75 Å². The van der Waals surface area contributed by atoms with Gasteiger partial charge in [0.05, 0.1) is 5.69 Å². The lowest BCUT2D eigenvalue weighted by Crippen LogP contribution is -2.20. The van der Waals surface area contributed by atoms with Gasteiger partial charge in [0.25, 0.3) is 5.91 Å². The van der Waals surface area contributed by atoms with Crippen molar-refractivity contribution in [2.75, 3.05) is 11.9 Å². The highest BCUT2D eigenvalue weighted by molar-refractivity contribution is 9.10. The summed E-state index contributed by atoms with van der Waals surface area (Å²) in [7, 11) is 0. The van der Waals surface area contributed by atoms with Gasteiger partial charge in [-0.15, -0.1) is 0 Å². The predicted octanol–water partition coefficient (Wildman–Crippen LogP) is 5.93. The Kier molecular flexibility index (Phi) is 7.51. The molecule has 0 bridgehead atoms. The molecule has 0 unspecified atom stereocenters. The van der Waals surface area contributed by atoms with Gasteiger partial charge < -0.3 is 10.1 Å². The van der Waals surface area contributed by atoms with E-state index in [9.17, 15) is 4.79 Å². The van der Waals surface area contributed by atoms with E-state index in [1.54, 1.807) is 0 Å². The number of aryl methyl sites for hydroxylation is 1. The summed E-state index contributed by atoms with van der Waals surface area (Å²) in [4.78, 5) is 12.1. The van der Waals surface area contributed by atoms with Crippen molar-refractivity contribution in [2.45, 2.75) is 46.0 Å². The molecule has 134 valence electrons. The summed E-state index contributed by atoms with van der Waals surface area (Å²) < 4.78 is 6.46. The minimum Gasteiger partial charge on any atom is -0.484 e. The topological polar surface area (TPSA) is 38.3 Å². The van der Waals surface area contributed by atoms with Crippen molar-refractivity contribution in [1.29, 1.82) is 0 Å². The number of unbranched alkanes of at least 4 members (excludes halogenated alkanes) is 1. The third-order valence-electron chi connectivity index (χ3n) is 4.04. The molecule has 1 amide bonds. The molecule has 0 spiro atoms. The lowest BCUT2D eigenvalue weighted by atomic mass is 10.0. The molecular weight excluding hydrogens is 378 g/mol. The molecule has 1 N–H and O–H groups in total. The minimum absolute atomic E-state index is 0.00888. The van der Waals surface area contributed by atoms with Crippen LogP contribution in [0.3, 0.4) is 0 Å². The molecule has 0 fully saturated rings. The first kappa shape index (κ1) is 19.5. The van der Waals surface area contributed by atoms with Gasteiger partial charge in [-0.2, -0.15) is 0 Å². The summed E-state index contributed by atoms with van der Waals surface area (Å²) in [6, 6.07) is 13.9. The fraction of sp³-hybridized carbons (Fsp3) is 0.381. The van der Waals surface area contributed by atoms with Crippen molar-refractivity contribution < 1.29 is 9.53 Å². The van der Waals surface area contributed by atoms with Gasteiger partial charge in [-0.25, -0.2) is 0 Å². The SMILES string of the molecule is CCCCc1ccc(NC(=O)COc2ccc(C(C)C)cc2)c(Br)c1. The van der Waals surface area contributed by atoms with Gasteiger partial charge in [0, 0.05) is 4.47 Å². The molecular formula is C21H26BrNO2. The number of rotatable bonds is 8. The molecule has 25 heavy (non-hydrogen) atoms. The molecule has 0 saturated carbocycles. The Labute approximate surface area is 158 Å². The molecule has 3 nitrogen and oxygen atoms in total. The van der Waals surface area contributed by atoms with Crippen LogP contribution in [-0.2, 0) is 11.2 Å². The van der Waals surface area contributed by atoms with Crippen LogP contribution < -0.4 is 10.1 Å². The van der Waals surface area contributed by atoms with Gasteiger partial charge in [-0.3, -0.25) is 4.79 Å². The zero-order valence-electron chi connectivity index (χ0n) is 15.1. The normalized spacial score (nSPS) is 10.8. The van der Waals surface area contributed by atoms with E-state index in [0.29, 0.717) is 11.7 Å². The van der Waals surface area contributed by atoms with Crippen molar-refractivity contribution in [1.82, 2.24) is 0 Å². The van der Waals surface area contributed by atoms with Crippen LogP contribution in [0.5, 0.6) is 5.75 Å². The summed E-state index contributed by atoms with van der Waals surface area (Å²) in [5.74, 6) is 1.01. The Bertz CT molecular complexity index is 696. The number of ether oxygens (including phenoxy) is 1. The lowest BCUT2D eigenvalue weighted by Gasteiger charge is -2.11. The number of amides is 1. The molecule has 0 aliphatic carbocycles. The second-order valence-corrected chi connectivity index (χ2v) is 7.33. The van der Waals surface area contributed by atoms with Crippen LogP contribution in [0.1, 0.15) is 50.7 Å². The van der Waals surface area contributed by atoms with Crippen LogP contribution in [0.2, 0.25) is 0 Å². The number of carbonyl (C=O) groups excluding carboxylic acids is 1. The molecule has 0 aliphatic rings. The van der Waals surface area contributed by atoms with Gasteiger partial charge in [0.2, 0.25) is 0 Å². The first-order valence-electron chi connectivity index (χ1n) is 8.80. The Morgan fingerprint density at radius 1 is 1.16 bits per heavy atom. The fourth-order valence-corrected chi connectivity index (χ4v) is 3.01. The zero-order valence-corrected chi connectivity index (χ0v) is 16.7. The summed E-state index contributed by atoms with van der Waals surface area (Å²) in [5, 5.41) is 2.88. The van der Waals surface area contributed by atoms with Crippen LogP contribution in [0.25, 0.3) is 0 Å². The van der Waals surface area contributed by atoms with Crippen molar-refractivity contribution in [2.24, 2.45) is 0 Å². The molecule has 0 aromatic heterocycles. The third-order valence-corrected chi connectivity index (χ3v) is 4.70. The number of halogens is 1. The quantitative estimate of drug-likeness (QED) is 0.592. The van der Waals surface area contributed by atoms with E-state index in [-0.39, 0.29) is 12.5 Å². The highest BCUT2D eigenvalue weighted by Crippen LogP contribution is 2.24. The van der Waals surface area contributed by atoms with Gasteiger partial charge in [-0.05, 0) is 70.1 Å². The highest BCUT2D eigenvalue weighted by atomic mass is 79.9. The lowest BCUT2D eigenvalue weighted by molar-refractivity contribution is -0.118. The maximum atomic E-state index is 12.1. The molecule has 0 aliphatic heterocycles. The van der Waals surface area contributed by atoms with Crippen molar-refractivity contribution in [3.05, 3.63) is 58.1 Å². The second kappa shape index (κ2) is 9.62. The van der Waals surface area contributed by atoms with Gasteiger partial charge in [0.15, 0.2) is 6.61 Å². The van der Waals surface area contributed by atoms with Crippen LogP contribution in [0, 0.1) is 0 Å². The molecule has 2 aromatic rings. The van der Waals surface area contributed by atoms with Crippen molar-refractivity contribution in [3.8, 4) is 5.75 Å². The average Bonchev–Trinajstić information content (AvgIpc) is 2.60. The first-order valence-corrected chi connectivity index (χ1v) is 9.60. The predicted molar refractivity (Wildman–Crippen MR) is 107 cm³/mol. The molecule has 2 aromatic carbocycles. The van der Waals surface area contributed by atoms with E-state index in [0.717, 1.165) is 16.6 Å². The number of nitrogens with one attached hydrogen (secondary N) is 1. The Hall–Kier alpha value is -1.81. The number of hydrogen-bond acceptors (Lipinski definition) is 2. The van der Waals surface area contributed by atoms with Gasteiger partial charge in [-0.1, -0.05) is 45.4 Å². The van der Waals surface area contributed by atoms with E-state index in [1.165, 1.54) is 24.0 Å². The molecule has 0 heterocycles. The smallest absolute Gasteiger partial charge is 0.262 e. The average molecular weight is 404 g/mol. The summed E-state index contributed by atoms with van der Waals surface area (Å²) in [5.41, 5.74) is 3.29. The number of carbonyl (C=O) groups is 1. The third kappa shape index (κ3) is 6.20. The Morgan fingerprint density at radius 2 is 1.88 bits per heavy atom. The fourth-order valence-electron chi connectivity index (χ4n) is 2.48. The van der Waals surface area contributed by atoms with Gasteiger partial charge >= 0.3 is 0 Å². The number of benzene rings is 2. The second-order valence-electron chi connectivity index (χ2n) is 6.48. The maximum absolute atomic E-state index is 12.1. The number of hydrogen-bond donors (Lipinski definition) is 1. The monoisotopic (exact) mass is 403 g/mol. The largest absolute Gasteiger partial charge is 0.484 e. The summed E-state index contributed by atoms with van der Waals surface area (Å²) in [6.07, 6.45) is 3.39. The summed E-state index contributed by atoms with van der Waals surface area (Å²) in [6.45, 7) is 6.47. The first-order chi connectivity index (χ1) is 12.0. The Balaban J connectivity index is 1.87. The molecule has 0 saturated heterocycles. The van der Waals surface area contributed by atoms with Crippen LogP contribution in [-0.4, -0.2) is 12.5 Å². The van der Waals surface area contributed by atoms with Crippen LogP contribution in [0.4, 0.5) is 5.69 Å². The maximum Gasteiger partial charge on any atom is 0.262 e. The van der Waals surface area contributed by atoms with E-state index >= 15 is 0 Å². The van der Waals surface area contributed by atoms with E-state index in [4.69, 9.17) is 4.74 Å². The van der Waals surface area contributed by atoms with E-state index in [1.807, 2.05) is 30.3 Å². The highest BCUT2D eigenvalue weighted by Gasteiger charge is 2.08. The number of anilines is 1. The van der Waals surface area contributed by atoms with E-state index in [2.05, 4.69) is 54.2 Å².